The highest BCUT2D eigenvalue weighted by Gasteiger charge is 2.38. The lowest BCUT2D eigenvalue weighted by Gasteiger charge is -2.25. The highest BCUT2D eigenvalue weighted by molar-refractivity contribution is 6.60. The first kappa shape index (κ1) is 25.9. The number of ketones is 1. The fourth-order valence-corrected chi connectivity index (χ4v) is 6.63. The minimum Gasteiger partial charge on any atom is -0.377 e. The van der Waals surface area contributed by atoms with Crippen molar-refractivity contribution in [2.24, 2.45) is 11.8 Å². The zero-order valence-electron chi connectivity index (χ0n) is 17.8. The Labute approximate surface area is 161 Å². The molecule has 0 bridgehead atoms. The second kappa shape index (κ2) is 13.1. The van der Waals surface area contributed by atoms with Crippen LogP contribution in [0, 0.1) is 11.8 Å². The fraction of sp³-hybridized carbons (Fsp3) is 0.941. The Bertz CT molecular complexity index is 337. The monoisotopic (exact) mass is 410 g/mol. The Morgan fingerprint density at radius 3 is 1.15 bits per heavy atom. The molecule has 2 atom stereocenters. The van der Waals surface area contributed by atoms with Crippen LogP contribution in [0.25, 0.3) is 0 Å². The second-order valence-electron chi connectivity index (χ2n) is 6.58. The van der Waals surface area contributed by atoms with Gasteiger partial charge in [0.05, 0.1) is 0 Å². The molecule has 2 unspecified atom stereocenters. The molecule has 0 heterocycles. The van der Waals surface area contributed by atoms with Crippen molar-refractivity contribution in [2.75, 3.05) is 42.7 Å². The van der Waals surface area contributed by atoms with Crippen LogP contribution in [0.3, 0.4) is 0 Å². The first-order chi connectivity index (χ1) is 12.3. The van der Waals surface area contributed by atoms with E-state index in [2.05, 4.69) is 0 Å². The first-order valence-electron chi connectivity index (χ1n) is 9.13. The average Bonchev–Trinajstić information content (AvgIpc) is 2.68. The summed E-state index contributed by atoms with van der Waals surface area (Å²) in [5.74, 6) is 0.317. The topological polar surface area (TPSA) is 72.5 Å². The summed E-state index contributed by atoms with van der Waals surface area (Å²) in [6, 6.07) is 1.43. The van der Waals surface area contributed by atoms with Gasteiger partial charge in [0.25, 0.3) is 0 Å². The van der Waals surface area contributed by atoms with Crippen molar-refractivity contribution in [2.45, 2.75) is 51.6 Å². The molecule has 0 aliphatic carbocycles. The van der Waals surface area contributed by atoms with Gasteiger partial charge in [-0.15, -0.1) is 0 Å². The standard InChI is InChI=1S/C17H38O7Si2/c1-15(11-9-13-25(19-3,20-4)21-5)17(18)16(2)12-10-14-26(22-6,23-7)24-8/h15-16H,9-14H2,1-8H3. The van der Waals surface area contributed by atoms with Crippen molar-refractivity contribution in [1.82, 2.24) is 0 Å². The summed E-state index contributed by atoms with van der Waals surface area (Å²) in [6.45, 7) is 3.99. The average molecular weight is 411 g/mol. The van der Waals surface area contributed by atoms with Crippen LogP contribution in [-0.2, 0) is 31.4 Å². The minimum absolute atomic E-state index is 0.0107. The molecule has 0 amide bonds. The SMILES string of the molecule is CO[Si](CCCC(C)C(=O)C(C)CCC[Si](OC)(OC)OC)(OC)OC. The van der Waals surface area contributed by atoms with Crippen LogP contribution < -0.4 is 0 Å². The Balaban J connectivity index is 4.34. The van der Waals surface area contributed by atoms with E-state index in [-0.39, 0.29) is 11.8 Å². The Kier molecular flexibility index (Phi) is 13.0. The largest absolute Gasteiger partial charge is 0.500 e. The Morgan fingerprint density at radius 1 is 0.654 bits per heavy atom. The second-order valence-corrected chi connectivity index (χ2v) is 12.8. The van der Waals surface area contributed by atoms with E-state index in [0.29, 0.717) is 17.9 Å². The maximum absolute atomic E-state index is 12.6. The molecule has 0 saturated carbocycles. The normalized spacial score (nSPS) is 15.1. The number of rotatable bonds is 16. The van der Waals surface area contributed by atoms with E-state index in [9.17, 15) is 4.79 Å². The molecule has 0 aromatic rings. The summed E-state index contributed by atoms with van der Waals surface area (Å²) in [5, 5.41) is 0. The van der Waals surface area contributed by atoms with E-state index < -0.39 is 17.6 Å². The maximum atomic E-state index is 12.6. The molecule has 0 radical (unpaired) electrons. The molecule has 0 spiro atoms. The third-order valence-electron chi connectivity index (χ3n) is 5.08. The van der Waals surface area contributed by atoms with Crippen molar-refractivity contribution < 1.29 is 31.4 Å². The highest BCUT2D eigenvalue weighted by Crippen LogP contribution is 2.24. The Hall–Kier alpha value is -0.136. The predicted octanol–water partition coefficient (Wildman–Crippen LogP) is 3.14. The molecule has 9 heteroatoms. The molecule has 0 saturated heterocycles. The number of carbonyl (C=O) groups is 1. The molecular formula is C17H38O7Si2. The van der Waals surface area contributed by atoms with Crippen LogP contribution in [-0.4, -0.2) is 66.1 Å². The lowest BCUT2D eigenvalue weighted by atomic mass is 9.89. The highest BCUT2D eigenvalue weighted by atomic mass is 28.4. The van der Waals surface area contributed by atoms with Crippen LogP contribution in [0.2, 0.25) is 12.1 Å². The molecule has 7 nitrogen and oxygen atoms in total. The van der Waals surface area contributed by atoms with Crippen molar-refractivity contribution in [3.05, 3.63) is 0 Å². The van der Waals surface area contributed by atoms with Gasteiger partial charge in [-0.3, -0.25) is 4.79 Å². The summed E-state index contributed by atoms with van der Waals surface area (Å²) < 4.78 is 32.5. The van der Waals surface area contributed by atoms with Crippen LogP contribution in [0.5, 0.6) is 0 Å². The lowest BCUT2D eigenvalue weighted by molar-refractivity contribution is -0.126. The van der Waals surface area contributed by atoms with E-state index in [1.54, 1.807) is 42.7 Å². The summed E-state index contributed by atoms with van der Waals surface area (Å²) in [4.78, 5) is 12.6. The third-order valence-corrected chi connectivity index (χ3v) is 10.7. The van der Waals surface area contributed by atoms with E-state index in [0.717, 1.165) is 25.7 Å². The maximum Gasteiger partial charge on any atom is 0.500 e. The minimum atomic E-state index is -2.55. The van der Waals surface area contributed by atoms with E-state index in [1.807, 2.05) is 13.8 Å². The molecule has 0 fully saturated rings. The van der Waals surface area contributed by atoms with E-state index in [1.165, 1.54) is 0 Å². The summed E-state index contributed by atoms with van der Waals surface area (Å²) in [6.07, 6.45) is 3.30. The smallest absolute Gasteiger partial charge is 0.377 e. The predicted molar refractivity (Wildman–Crippen MR) is 105 cm³/mol. The van der Waals surface area contributed by atoms with Gasteiger partial charge in [-0.1, -0.05) is 13.8 Å². The zero-order chi connectivity index (χ0) is 20.2. The molecular weight excluding hydrogens is 372 g/mol. The number of Topliss-reactive ketones (excluding diaryl/α,β-unsaturated/α-hetero) is 1. The van der Waals surface area contributed by atoms with Crippen molar-refractivity contribution in [1.29, 1.82) is 0 Å². The zero-order valence-corrected chi connectivity index (χ0v) is 19.8. The van der Waals surface area contributed by atoms with Crippen molar-refractivity contribution in [3.63, 3.8) is 0 Å². The van der Waals surface area contributed by atoms with Gasteiger partial charge in [-0.05, 0) is 25.7 Å². The number of hydrogen-bond donors (Lipinski definition) is 0. The molecule has 26 heavy (non-hydrogen) atoms. The number of hydrogen-bond acceptors (Lipinski definition) is 7. The van der Waals surface area contributed by atoms with Gasteiger partial charge >= 0.3 is 17.6 Å². The molecule has 0 aliphatic heterocycles. The van der Waals surface area contributed by atoms with Gasteiger partial charge in [-0.25, -0.2) is 0 Å². The van der Waals surface area contributed by atoms with E-state index >= 15 is 0 Å². The third kappa shape index (κ3) is 7.85. The van der Waals surface area contributed by atoms with Crippen LogP contribution >= 0.6 is 0 Å². The van der Waals surface area contributed by atoms with Crippen LogP contribution in [0.15, 0.2) is 0 Å². The number of carbonyl (C=O) groups excluding carboxylic acids is 1. The van der Waals surface area contributed by atoms with Gasteiger partial charge in [0.1, 0.15) is 5.78 Å². The Morgan fingerprint density at radius 2 is 0.923 bits per heavy atom. The molecule has 156 valence electrons. The quantitative estimate of drug-likeness (QED) is 0.362. The van der Waals surface area contributed by atoms with Crippen LogP contribution in [0.4, 0.5) is 0 Å². The summed E-state index contributed by atoms with van der Waals surface area (Å²) >= 11 is 0. The summed E-state index contributed by atoms with van der Waals surface area (Å²) in [7, 11) is 4.56. The molecule has 0 N–H and O–H groups in total. The molecule has 0 aromatic carbocycles. The molecule has 0 aliphatic rings. The van der Waals surface area contributed by atoms with Crippen molar-refractivity contribution in [3.8, 4) is 0 Å². The van der Waals surface area contributed by atoms with E-state index in [4.69, 9.17) is 26.6 Å². The fourth-order valence-electron chi connectivity index (χ4n) is 3.13. The van der Waals surface area contributed by atoms with Gasteiger partial charge in [0.2, 0.25) is 0 Å². The molecule has 0 rings (SSSR count). The van der Waals surface area contributed by atoms with Crippen molar-refractivity contribution >= 4 is 23.4 Å². The van der Waals surface area contributed by atoms with Gasteiger partial charge < -0.3 is 26.6 Å². The van der Waals surface area contributed by atoms with Crippen LogP contribution in [0.1, 0.15) is 39.5 Å². The summed E-state index contributed by atoms with van der Waals surface area (Å²) in [5.41, 5.74) is 0. The van der Waals surface area contributed by atoms with Gasteiger partial charge in [0, 0.05) is 66.6 Å². The molecule has 0 aromatic heterocycles. The van der Waals surface area contributed by atoms with Gasteiger partial charge in [-0.2, -0.15) is 0 Å². The first-order valence-corrected chi connectivity index (χ1v) is 13.0. The van der Waals surface area contributed by atoms with Gasteiger partial charge in [0.15, 0.2) is 0 Å². The lowest BCUT2D eigenvalue weighted by Crippen LogP contribution is -2.42.